The lowest BCUT2D eigenvalue weighted by atomic mass is 9.85. The average molecular weight is 468 g/mol. The minimum absolute atomic E-state index is 0.0230. The number of rotatable bonds is 7. The minimum atomic E-state index is -2.52. The van der Waals surface area contributed by atoms with Gasteiger partial charge in [-0.1, -0.05) is 30.7 Å². The number of anilines is 1. The summed E-state index contributed by atoms with van der Waals surface area (Å²) in [7, 11) is 0. The summed E-state index contributed by atoms with van der Waals surface area (Å²) in [5.41, 5.74) is 2.84. The van der Waals surface area contributed by atoms with E-state index in [1.165, 1.54) is 6.42 Å². The summed E-state index contributed by atoms with van der Waals surface area (Å²) in [5, 5.41) is 4.22. The zero-order valence-corrected chi connectivity index (χ0v) is 19.5. The molecule has 0 amide bonds. The maximum Gasteiger partial charge on any atom is 0.252 e. The van der Waals surface area contributed by atoms with E-state index in [2.05, 4.69) is 39.5 Å². The molecule has 1 atom stereocenters. The topological polar surface area (TPSA) is 63.1 Å². The van der Waals surface area contributed by atoms with Crippen molar-refractivity contribution in [1.82, 2.24) is 19.4 Å². The van der Waals surface area contributed by atoms with Gasteiger partial charge in [0.15, 0.2) is 0 Å². The van der Waals surface area contributed by atoms with Crippen molar-refractivity contribution in [2.75, 3.05) is 18.4 Å². The van der Waals surface area contributed by atoms with Crippen LogP contribution < -0.4 is 10.9 Å². The van der Waals surface area contributed by atoms with Crippen LogP contribution in [0.2, 0.25) is 0 Å². The van der Waals surface area contributed by atoms with E-state index in [4.69, 9.17) is 4.98 Å². The highest BCUT2D eigenvalue weighted by Crippen LogP contribution is 2.29. The van der Waals surface area contributed by atoms with Gasteiger partial charge in [0.05, 0.1) is 6.04 Å². The Hall–Kier alpha value is -2.87. The maximum atomic E-state index is 13.4. The van der Waals surface area contributed by atoms with Gasteiger partial charge in [0.2, 0.25) is 5.95 Å². The zero-order chi connectivity index (χ0) is 23.7. The Morgan fingerprint density at radius 3 is 2.53 bits per heavy atom. The molecule has 2 aromatic heterocycles. The van der Waals surface area contributed by atoms with Crippen LogP contribution in [0.4, 0.5) is 14.7 Å². The summed E-state index contributed by atoms with van der Waals surface area (Å²) in [6.45, 7) is 4.29. The first kappa shape index (κ1) is 22.9. The molecular formula is C26H31F2N5O. The summed E-state index contributed by atoms with van der Waals surface area (Å²) >= 11 is 0. The van der Waals surface area contributed by atoms with E-state index in [0.29, 0.717) is 43.7 Å². The molecule has 0 bridgehead atoms. The molecule has 1 aromatic carbocycles. The number of hydrogen-bond acceptors (Lipinski definition) is 5. The van der Waals surface area contributed by atoms with Gasteiger partial charge in [0.25, 0.3) is 11.5 Å². The van der Waals surface area contributed by atoms with E-state index < -0.39 is 5.92 Å². The van der Waals surface area contributed by atoms with Crippen molar-refractivity contribution in [3.05, 3.63) is 64.1 Å². The number of nitrogens with one attached hydrogen (secondary N) is 1. The van der Waals surface area contributed by atoms with Crippen LogP contribution >= 0.6 is 0 Å². The predicted octanol–water partition coefficient (Wildman–Crippen LogP) is 5.00. The second-order valence-electron chi connectivity index (χ2n) is 9.79. The van der Waals surface area contributed by atoms with E-state index in [0.717, 1.165) is 29.4 Å². The Bertz CT molecular complexity index is 1200. The van der Waals surface area contributed by atoms with Crippen LogP contribution in [-0.4, -0.2) is 38.4 Å². The molecule has 0 spiro atoms. The van der Waals surface area contributed by atoms with Crippen LogP contribution in [0.5, 0.6) is 0 Å². The van der Waals surface area contributed by atoms with Crippen molar-refractivity contribution in [2.24, 2.45) is 5.92 Å². The van der Waals surface area contributed by atoms with Crippen molar-refractivity contribution < 1.29 is 8.78 Å². The van der Waals surface area contributed by atoms with Crippen LogP contribution in [0.3, 0.4) is 0 Å². The number of alkyl halides is 2. The van der Waals surface area contributed by atoms with Crippen LogP contribution in [-0.2, 0) is 13.1 Å². The Labute approximate surface area is 198 Å². The third-order valence-corrected chi connectivity index (χ3v) is 7.21. The lowest BCUT2D eigenvalue weighted by molar-refractivity contribution is -0.0566. The Morgan fingerprint density at radius 2 is 1.85 bits per heavy atom. The lowest BCUT2D eigenvalue weighted by Crippen LogP contribution is -2.38. The van der Waals surface area contributed by atoms with Crippen LogP contribution in [0.15, 0.2) is 47.4 Å². The van der Waals surface area contributed by atoms with Gasteiger partial charge in [0.1, 0.15) is 5.65 Å². The van der Waals surface area contributed by atoms with Crippen LogP contribution in [0, 0.1) is 5.92 Å². The average Bonchev–Trinajstić information content (AvgIpc) is 2.79. The van der Waals surface area contributed by atoms with E-state index in [1.54, 1.807) is 22.9 Å². The monoisotopic (exact) mass is 467 g/mol. The van der Waals surface area contributed by atoms with E-state index in [-0.39, 0.29) is 24.4 Å². The highest BCUT2D eigenvalue weighted by atomic mass is 19.3. The summed E-state index contributed by atoms with van der Waals surface area (Å²) in [6.07, 6.45) is 5.20. The highest BCUT2D eigenvalue weighted by molar-refractivity contribution is 5.75. The predicted molar refractivity (Wildman–Crippen MR) is 129 cm³/mol. The fourth-order valence-corrected chi connectivity index (χ4v) is 4.74. The molecule has 1 saturated carbocycles. The van der Waals surface area contributed by atoms with Crippen molar-refractivity contribution >= 4 is 17.0 Å². The molecule has 6 nitrogen and oxygen atoms in total. The molecule has 1 saturated heterocycles. The quantitative estimate of drug-likeness (QED) is 0.530. The standard InChI is InChI=1S/C26H31F2N5O/c1-18(21-7-5-20(6-8-21)16-32-13-11-26(27,28)12-14-32)30-25-29-15-22-9-10-23(34)33(24(22)31-25)17-19-3-2-4-19/h5-10,15,18-19H,2-4,11-14,16-17H2,1H3,(H,29,30,31)/t18-/m0/s1. The van der Waals surface area contributed by atoms with E-state index in [9.17, 15) is 13.6 Å². The molecule has 1 N–H and O–H groups in total. The fraction of sp³-hybridized carbons (Fsp3) is 0.500. The van der Waals surface area contributed by atoms with Crippen LogP contribution in [0.25, 0.3) is 11.0 Å². The van der Waals surface area contributed by atoms with Gasteiger partial charge in [-0.2, -0.15) is 4.98 Å². The Kier molecular flexibility index (Phi) is 6.34. The number of benzene rings is 1. The lowest BCUT2D eigenvalue weighted by Gasteiger charge is -2.31. The molecule has 0 radical (unpaired) electrons. The van der Waals surface area contributed by atoms with Crippen molar-refractivity contribution in [3.63, 3.8) is 0 Å². The van der Waals surface area contributed by atoms with Gasteiger partial charge in [-0.05, 0) is 42.9 Å². The minimum Gasteiger partial charge on any atom is -0.348 e. The smallest absolute Gasteiger partial charge is 0.252 e. The van der Waals surface area contributed by atoms with Crippen molar-refractivity contribution in [2.45, 2.75) is 64.1 Å². The third-order valence-electron chi connectivity index (χ3n) is 7.21. The third kappa shape index (κ3) is 5.12. The molecule has 0 unspecified atom stereocenters. The molecule has 5 rings (SSSR count). The molecule has 1 aliphatic heterocycles. The largest absolute Gasteiger partial charge is 0.348 e. The van der Waals surface area contributed by atoms with Gasteiger partial charge in [-0.25, -0.2) is 13.8 Å². The number of pyridine rings is 1. The summed E-state index contributed by atoms with van der Waals surface area (Å²) < 4.78 is 28.5. The molecule has 3 aromatic rings. The fourth-order valence-electron chi connectivity index (χ4n) is 4.74. The molecule has 34 heavy (non-hydrogen) atoms. The molecule has 8 heteroatoms. The summed E-state index contributed by atoms with van der Waals surface area (Å²) in [5.74, 6) is -1.47. The van der Waals surface area contributed by atoms with Gasteiger partial charge in [0, 0.05) is 56.7 Å². The molecule has 180 valence electrons. The summed E-state index contributed by atoms with van der Waals surface area (Å²) in [4.78, 5) is 23.7. The molecular weight excluding hydrogens is 436 g/mol. The van der Waals surface area contributed by atoms with Gasteiger partial charge in [-0.15, -0.1) is 0 Å². The normalized spacial score (nSPS) is 19.6. The van der Waals surface area contributed by atoms with Crippen molar-refractivity contribution in [3.8, 4) is 0 Å². The van der Waals surface area contributed by atoms with E-state index in [1.807, 2.05) is 6.92 Å². The Balaban J connectivity index is 1.26. The number of nitrogens with zero attached hydrogens (tertiary/aromatic N) is 4. The second kappa shape index (κ2) is 9.41. The number of fused-ring (bicyclic) bond motifs is 1. The molecule has 2 fully saturated rings. The molecule has 1 aliphatic carbocycles. The number of hydrogen-bond donors (Lipinski definition) is 1. The van der Waals surface area contributed by atoms with E-state index >= 15 is 0 Å². The zero-order valence-electron chi connectivity index (χ0n) is 19.5. The van der Waals surface area contributed by atoms with Crippen molar-refractivity contribution in [1.29, 1.82) is 0 Å². The number of halogens is 2. The van der Waals surface area contributed by atoms with Gasteiger partial charge >= 0.3 is 0 Å². The first-order chi connectivity index (χ1) is 16.4. The van der Waals surface area contributed by atoms with Gasteiger partial charge < -0.3 is 5.32 Å². The maximum absolute atomic E-state index is 13.4. The molecule has 3 heterocycles. The number of likely N-dealkylation sites (tertiary alicyclic amines) is 1. The Morgan fingerprint density at radius 1 is 1.12 bits per heavy atom. The summed E-state index contributed by atoms with van der Waals surface area (Å²) in [6, 6.07) is 11.6. The number of aromatic nitrogens is 3. The van der Waals surface area contributed by atoms with Crippen LogP contribution in [0.1, 0.15) is 56.2 Å². The van der Waals surface area contributed by atoms with Gasteiger partial charge in [-0.3, -0.25) is 14.3 Å². The first-order valence-electron chi connectivity index (χ1n) is 12.2. The second-order valence-corrected chi connectivity index (χ2v) is 9.79. The highest BCUT2D eigenvalue weighted by Gasteiger charge is 2.33. The molecule has 2 aliphatic rings. The first-order valence-corrected chi connectivity index (χ1v) is 12.2. The number of piperidine rings is 1. The SMILES string of the molecule is C[C@H](Nc1ncc2ccc(=O)n(CC3CCC3)c2n1)c1ccc(CN2CCC(F)(F)CC2)cc1.